The van der Waals surface area contributed by atoms with Crippen LogP contribution in [0.2, 0.25) is 0 Å². The van der Waals surface area contributed by atoms with Crippen LogP contribution in [0.15, 0.2) is 23.2 Å². The van der Waals surface area contributed by atoms with Crippen molar-refractivity contribution in [2.75, 3.05) is 0 Å². The van der Waals surface area contributed by atoms with Crippen molar-refractivity contribution in [1.29, 1.82) is 0 Å². The zero-order valence-corrected chi connectivity index (χ0v) is 7.37. The second-order valence-corrected chi connectivity index (χ2v) is 2.56. The summed E-state index contributed by atoms with van der Waals surface area (Å²) in [5, 5.41) is 0. The Morgan fingerprint density at radius 2 is 2.31 bits per heavy atom. The number of terminal acetylenes is 1. The van der Waals surface area contributed by atoms with Gasteiger partial charge in [0.2, 0.25) is 0 Å². The van der Waals surface area contributed by atoms with Crippen LogP contribution in [0.4, 0.5) is 5.69 Å². The number of carbonyl (C=O) groups is 1. The Kier molecular flexibility index (Phi) is 2.61. The normalized spacial score (nSPS) is 8.92. The summed E-state index contributed by atoms with van der Waals surface area (Å²) in [6, 6.07) is 5.18. The predicted octanol–water partition coefficient (Wildman–Crippen LogP) is 2.20. The Bertz CT molecular complexity index is 399. The van der Waals surface area contributed by atoms with Crippen molar-refractivity contribution < 1.29 is 4.79 Å². The summed E-state index contributed by atoms with van der Waals surface area (Å²) in [6.45, 7) is 4.84. The van der Waals surface area contributed by atoms with Gasteiger partial charge in [-0.3, -0.25) is 9.79 Å². The number of benzene rings is 1. The molecule has 1 rings (SSSR count). The van der Waals surface area contributed by atoms with E-state index in [4.69, 9.17) is 6.42 Å². The molecule has 1 aromatic carbocycles. The van der Waals surface area contributed by atoms with Crippen molar-refractivity contribution in [2.24, 2.45) is 4.99 Å². The highest BCUT2D eigenvalue weighted by Gasteiger charge is 2.09. The van der Waals surface area contributed by atoms with Crippen molar-refractivity contribution in [3.8, 4) is 12.3 Å². The highest BCUT2D eigenvalue weighted by atomic mass is 16.1. The second kappa shape index (κ2) is 3.68. The Balaban J connectivity index is 3.49. The van der Waals surface area contributed by atoms with Crippen LogP contribution in [0.3, 0.4) is 0 Å². The van der Waals surface area contributed by atoms with Gasteiger partial charge in [0.15, 0.2) is 5.78 Å². The number of rotatable bonds is 2. The van der Waals surface area contributed by atoms with Crippen molar-refractivity contribution in [1.82, 2.24) is 0 Å². The van der Waals surface area contributed by atoms with E-state index in [0.717, 1.165) is 0 Å². The third-order valence-electron chi connectivity index (χ3n) is 1.72. The number of hydrogen-bond donors (Lipinski definition) is 0. The second-order valence-electron chi connectivity index (χ2n) is 2.56. The molecule has 0 radical (unpaired) electrons. The summed E-state index contributed by atoms with van der Waals surface area (Å²) >= 11 is 0. The first-order chi connectivity index (χ1) is 6.20. The first-order valence-corrected chi connectivity index (χ1v) is 3.78. The van der Waals surface area contributed by atoms with E-state index < -0.39 is 0 Å². The Hall–Kier alpha value is -1.88. The summed E-state index contributed by atoms with van der Waals surface area (Å²) < 4.78 is 0. The molecule has 0 saturated heterocycles. The van der Waals surface area contributed by atoms with Crippen LogP contribution >= 0.6 is 0 Å². The van der Waals surface area contributed by atoms with E-state index in [-0.39, 0.29) is 5.78 Å². The molecule has 0 aliphatic carbocycles. The van der Waals surface area contributed by atoms with Gasteiger partial charge in [-0.1, -0.05) is 12.0 Å². The van der Waals surface area contributed by atoms with Gasteiger partial charge in [-0.05, 0) is 25.8 Å². The Labute approximate surface area is 77.3 Å². The maximum absolute atomic E-state index is 11.2. The molecule has 0 unspecified atom stereocenters. The molecule has 1 aromatic rings. The van der Waals surface area contributed by atoms with Gasteiger partial charge >= 0.3 is 0 Å². The van der Waals surface area contributed by atoms with E-state index in [9.17, 15) is 4.79 Å². The van der Waals surface area contributed by atoms with Crippen molar-refractivity contribution >= 4 is 18.2 Å². The van der Waals surface area contributed by atoms with E-state index in [1.165, 1.54) is 6.92 Å². The lowest BCUT2D eigenvalue weighted by molar-refractivity contribution is 0.101. The summed E-state index contributed by atoms with van der Waals surface area (Å²) in [7, 11) is 0. The molecule has 0 bridgehead atoms. The molecule has 2 nitrogen and oxygen atoms in total. The fourth-order valence-electron chi connectivity index (χ4n) is 1.16. The average molecular weight is 171 g/mol. The van der Waals surface area contributed by atoms with E-state index in [1.807, 2.05) is 0 Å². The van der Waals surface area contributed by atoms with E-state index in [2.05, 4.69) is 17.6 Å². The monoisotopic (exact) mass is 171 g/mol. The zero-order chi connectivity index (χ0) is 9.84. The van der Waals surface area contributed by atoms with Gasteiger partial charge in [0.05, 0.1) is 11.3 Å². The van der Waals surface area contributed by atoms with E-state index in [1.54, 1.807) is 18.2 Å². The molecule has 64 valence electrons. The lowest BCUT2D eigenvalue weighted by atomic mass is 10.0. The molecule has 13 heavy (non-hydrogen) atoms. The van der Waals surface area contributed by atoms with Crippen LogP contribution in [-0.2, 0) is 0 Å². The minimum Gasteiger partial charge on any atom is -0.294 e. The topological polar surface area (TPSA) is 29.4 Å². The maximum Gasteiger partial charge on any atom is 0.163 e. The first-order valence-electron chi connectivity index (χ1n) is 3.78. The standard InChI is InChI=1S/C11H9NO/c1-4-9-6-5-7-10(12-3)11(9)8(2)13/h1,5-7H,3H2,2H3. The number of ketones is 1. The molecule has 0 aliphatic heterocycles. The zero-order valence-electron chi connectivity index (χ0n) is 7.37. The molecule has 0 atom stereocenters. The summed E-state index contributed by atoms with van der Waals surface area (Å²) in [4.78, 5) is 15.0. The minimum absolute atomic E-state index is 0.0871. The van der Waals surface area contributed by atoms with Gasteiger partial charge < -0.3 is 0 Å². The van der Waals surface area contributed by atoms with Gasteiger partial charge in [0.1, 0.15) is 0 Å². The highest BCUT2D eigenvalue weighted by Crippen LogP contribution is 2.22. The fraction of sp³-hybridized carbons (Fsp3) is 0.0909. The number of hydrogen-bond acceptors (Lipinski definition) is 2. The predicted molar refractivity (Wildman–Crippen MR) is 53.6 cm³/mol. The summed E-state index contributed by atoms with van der Waals surface area (Å²) in [6.07, 6.45) is 5.25. The van der Waals surface area contributed by atoms with Crippen molar-refractivity contribution in [2.45, 2.75) is 6.92 Å². The summed E-state index contributed by atoms with van der Waals surface area (Å²) in [5.74, 6) is 2.36. The smallest absolute Gasteiger partial charge is 0.163 e. The van der Waals surface area contributed by atoms with Crippen LogP contribution in [0.1, 0.15) is 22.8 Å². The lowest BCUT2D eigenvalue weighted by Gasteiger charge is -2.03. The molecule has 0 aliphatic rings. The summed E-state index contributed by atoms with van der Waals surface area (Å²) in [5.41, 5.74) is 1.58. The number of nitrogens with zero attached hydrogens (tertiary/aromatic N) is 1. The Morgan fingerprint density at radius 1 is 1.62 bits per heavy atom. The molecular weight excluding hydrogens is 162 g/mol. The number of Topliss-reactive ketones (excluding diaryl/α,β-unsaturated/α-hetero) is 1. The third kappa shape index (κ3) is 1.65. The van der Waals surface area contributed by atoms with Crippen LogP contribution in [0.5, 0.6) is 0 Å². The molecule has 0 saturated carbocycles. The molecule has 0 aromatic heterocycles. The van der Waals surface area contributed by atoms with Gasteiger partial charge in [-0.15, -0.1) is 6.42 Å². The average Bonchev–Trinajstić information content (AvgIpc) is 2.16. The van der Waals surface area contributed by atoms with Gasteiger partial charge in [0.25, 0.3) is 0 Å². The number of carbonyl (C=O) groups excluding carboxylic acids is 1. The van der Waals surface area contributed by atoms with Crippen molar-refractivity contribution in [3.05, 3.63) is 29.3 Å². The van der Waals surface area contributed by atoms with E-state index >= 15 is 0 Å². The quantitative estimate of drug-likeness (QED) is 0.381. The van der Waals surface area contributed by atoms with Crippen LogP contribution in [0.25, 0.3) is 0 Å². The fourth-order valence-corrected chi connectivity index (χ4v) is 1.16. The first kappa shape index (κ1) is 9.21. The van der Waals surface area contributed by atoms with Crippen LogP contribution < -0.4 is 0 Å². The molecule has 2 heteroatoms. The van der Waals surface area contributed by atoms with Gasteiger partial charge in [0, 0.05) is 5.56 Å². The minimum atomic E-state index is -0.0871. The largest absolute Gasteiger partial charge is 0.294 e. The Morgan fingerprint density at radius 3 is 2.77 bits per heavy atom. The molecule has 0 spiro atoms. The lowest BCUT2D eigenvalue weighted by Crippen LogP contribution is -1.96. The number of aliphatic imine (C=N–C) groups is 1. The van der Waals surface area contributed by atoms with Crippen LogP contribution in [-0.4, -0.2) is 12.5 Å². The van der Waals surface area contributed by atoms with Crippen LogP contribution in [0, 0.1) is 12.3 Å². The van der Waals surface area contributed by atoms with Crippen molar-refractivity contribution in [3.63, 3.8) is 0 Å². The van der Waals surface area contributed by atoms with Gasteiger partial charge in [-0.2, -0.15) is 0 Å². The third-order valence-corrected chi connectivity index (χ3v) is 1.72. The highest BCUT2D eigenvalue weighted by molar-refractivity contribution is 6.01. The molecular formula is C11H9NO. The molecule has 0 heterocycles. The SMILES string of the molecule is C#Cc1cccc(N=C)c1C(C)=O. The molecule has 0 N–H and O–H groups in total. The molecule has 0 fully saturated rings. The molecule has 0 amide bonds. The maximum atomic E-state index is 11.2. The van der Waals surface area contributed by atoms with Gasteiger partial charge in [-0.25, -0.2) is 0 Å². The van der Waals surface area contributed by atoms with E-state index in [0.29, 0.717) is 16.8 Å².